The molecule has 2 amide bonds. The summed E-state index contributed by atoms with van der Waals surface area (Å²) < 4.78 is 1.85. The largest absolute Gasteiger partial charge is 0.323 e. The van der Waals surface area contributed by atoms with E-state index in [2.05, 4.69) is 28.0 Å². The Kier molecular flexibility index (Phi) is 4.14. The molecule has 6 heteroatoms. The number of aryl methyl sites for hydroxylation is 1. The van der Waals surface area contributed by atoms with Crippen LogP contribution in [0.4, 0.5) is 4.79 Å². The highest BCUT2D eigenvalue weighted by atomic mass is 16.2. The first-order valence-corrected chi connectivity index (χ1v) is 7.93. The molecule has 3 heterocycles. The number of amides is 2. The third-order valence-electron chi connectivity index (χ3n) is 4.67. The second-order valence-corrected chi connectivity index (χ2v) is 6.09. The Morgan fingerprint density at radius 1 is 1.24 bits per heavy atom. The molecule has 2 fully saturated rings. The van der Waals surface area contributed by atoms with E-state index in [0.717, 1.165) is 52.1 Å². The third kappa shape index (κ3) is 3.05. The van der Waals surface area contributed by atoms with E-state index in [9.17, 15) is 4.79 Å². The minimum absolute atomic E-state index is 0.239. The van der Waals surface area contributed by atoms with E-state index in [1.54, 1.807) is 0 Å². The molecule has 2 aliphatic heterocycles. The minimum atomic E-state index is 0.239. The van der Waals surface area contributed by atoms with E-state index in [4.69, 9.17) is 0 Å². The molecule has 0 radical (unpaired) electrons. The highest BCUT2D eigenvalue weighted by molar-refractivity contribution is 5.76. The summed E-state index contributed by atoms with van der Waals surface area (Å²) >= 11 is 0. The Morgan fingerprint density at radius 3 is 2.57 bits per heavy atom. The monoisotopic (exact) mass is 291 g/mol. The molecular weight excluding hydrogens is 266 g/mol. The second-order valence-electron chi connectivity index (χ2n) is 6.09. The van der Waals surface area contributed by atoms with Gasteiger partial charge in [-0.05, 0) is 19.8 Å². The number of hydrogen-bond acceptors (Lipinski definition) is 3. The third-order valence-corrected chi connectivity index (χ3v) is 4.67. The average Bonchev–Trinajstić information content (AvgIpc) is 3.06. The van der Waals surface area contributed by atoms with E-state index in [1.165, 1.54) is 5.56 Å². The lowest BCUT2D eigenvalue weighted by atomic mass is 10.0. The van der Waals surface area contributed by atoms with Crippen LogP contribution in [-0.4, -0.2) is 69.3 Å². The van der Waals surface area contributed by atoms with Crippen molar-refractivity contribution in [3.63, 3.8) is 0 Å². The topological polar surface area (TPSA) is 44.6 Å². The summed E-state index contributed by atoms with van der Waals surface area (Å²) in [7, 11) is 1.95. The smallest absolute Gasteiger partial charge is 0.320 e. The van der Waals surface area contributed by atoms with Gasteiger partial charge in [0.05, 0.1) is 6.20 Å². The molecule has 6 nitrogen and oxygen atoms in total. The van der Waals surface area contributed by atoms with Gasteiger partial charge in [0, 0.05) is 64.1 Å². The van der Waals surface area contributed by atoms with Gasteiger partial charge in [-0.3, -0.25) is 9.58 Å². The Labute approximate surface area is 126 Å². The molecule has 0 aromatic carbocycles. The van der Waals surface area contributed by atoms with Crippen molar-refractivity contribution in [3.05, 3.63) is 18.0 Å². The molecular formula is C15H25N5O. The molecule has 2 aliphatic rings. The van der Waals surface area contributed by atoms with Crippen LogP contribution < -0.4 is 0 Å². The average molecular weight is 291 g/mol. The summed E-state index contributed by atoms with van der Waals surface area (Å²) in [5.41, 5.74) is 1.27. The number of likely N-dealkylation sites (N-methyl/N-ethyl adjacent to an activating group) is 1. The predicted octanol–water partition coefficient (Wildman–Crippen LogP) is 1.14. The summed E-state index contributed by atoms with van der Waals surface area (Å²) in [5.74, 6) is 0. The summed E-state index contributed by atoms with van der Waals surface area (Å²) in [6.07, 6.45) is 6.19. The van der Waals surface area contributed by atoms with E-state index in [1.807, 2.05) is 22.8 Å². The van der Waals surface area contributed by atoms with Crippen molar-refractivity contribution in [1.82, 2.24) is 24.5 Å². The van der Waals surface area contributed by atoms with Gasteiger partial charge in [-0.1, -0.05) is 0 Å². The molecule has 0 atom stereocenters. The van der Waals surface area contributed by atoms with Crippen molar-refractivity contribution in [2.24, 2.45) is 7.05 Å². The zero-order chi connectivity index (χ0) is 14.8. The standard InChI is InChI=1S/C15H25N5O/c1-3-19-8-9-20(15(19)21)14-4-6-18(7-5-14)12-13-10-16-17(2)11-13/h10-11,14H,3-9,12H2,1-2H3. The summed E-state index contributed by atoms with van der Waals surface area (Å²) in [6, 6.07) is 0.669. The van der Waals surface area contributed by atoms with Crippen LogP contribution in [0.25, 0.3) is 0 Å². The van der Waals surface area contributed by atoms with Gasteiger partial charge in [0.2, 0.25) is 0 Å². The number of urea groups is 1. The highest BCUT2D eigenvalue weighted by Gasteiger charge is 2.34. The number of aromatic nitrogens is 2. The molecule has 0 aliphatic carbocycles. The maximum absolute atomic E-state index is 12.2. The van der Waals surface area contributed by atoms with Crippen LogP contribution in [0, 0.1) is 0 Å². The number of nitrogens with zero attached hydrogens (tertiary/aromatic N) is 5. The Morgan fingerprint density at radius 2 is 2.00 bits per heavy atom. The molecule has 0 spiro atoms. The highest BCUT2D eigenvalue weighted by Crippen LogP contribution is 2.22. The normalized spacial score (nSPS) is 21.5. The zero-order valence-electron chi connectivity index (χ0n) is 13.0. The van der Waals surface area contributed by atoms with Crippen LogP contribution >= 0.6 is 0 Å². The molecule has 2 saturated heterocycles. The maximum atomic E-state index is 12.2. The molecule has 0 N–H and O–H groups in total. The number of hydrogen-bond donors (Lipinski definition) is 0. The number of carbonyl (C=O) groups excluding carboxylic acids is 1. The molecule has 116 valence electrons. The van der Waals surface area contributed by atoms with Crippen molar-refractivity contribution in [1.29, 1.82) is 0 Å². The van der Waals surface area contributed by atoms with E-state index < -0.39 is 0 Å². The molecule has 21 heavy (non-hydrogen) atoms. The van der Waals surface area contributed by atoms with Crippen molar-refractivity contribution in [3.8, 4) is 0 Å². The van der Waals surface area contributed by atoms with Crippen molar-refractivity contribution in [2.75, 3.05) is 32.7 Å². The van der Waals surface area contributed by atoms with Gasteiger partial charge >= 0.3 is 6.03 Å². The van der Waals surface area contributed by atoms with Gasteiger partial charge in [0.15, 0.2) is 0 Å². The Bertz CT molecular complexity index is 492. The quantitative estimate of drug-likeness (QED) is 0.836. The second kappa shape index (κ2) is 6.05. The van der Waals surface area contributed by atoms with Crippen molar-refractivity contribution < 1.29 is 4.79 Å². The van der Waals surface area contributed by atoms with Crippen LogP contribution in [0.3, 0.4) is 0 Å². The molecule has 0 unspecified atom stereocenters. The predicted molar refractivity (Wildman–Crippen MR) is 80.9 cm³/mol. The van der Waals surface area contributed by atoms with Gasteiger partial charge in [0.25, 0.3) is 0 Å². The van der Waals surface area contributed by atoms with Gasteiger partial charge in [-0.2, -0.15) is 5.10 Å². The molecule has 0 saturated carbocycles. The SMILES string of the molecule is CCN1CCN(C2CCN(Cc3cnn(C)c3)CC2)C1=O. The Hall–Kier alpha value is -1.56. The lowest BCUT2D eigenvalue weighted by Gasteiger charge is -2.36. The van der Waals surface area contributed by atoms with Gasteiger partial charge < -0.3 is 9.80 Å². The zero-order valence-corrected chi connectivity index (χ0v) is 13.0. The van der Waals surface area contributed by atoms with E-state index in [-0.39, 0.29) is 6.03 Å². The molecule has 1 aromatic heterocycles. The number of piperidine rings is 1. The molecule has 3 rings (SSSR count). The van der Waals surface area contributed by atoms with Crippen LogP contribution in [-0.2, 0) is 13.6 Å². The van der Waals surface area contributed by atoms with Gasteiger partial charge in [-0.15, -0.1) is 0 Å². The van der Waals surface area contributed by atoms with Crippen LogP contribution in [0.5, 0.6) is 0 Å². The van der Waals surface area contributed by atoms with E-state index in [0.29, 0.717) is 6.04 Å². The van der Waals surface area contributed by atoms with Crippen LogP contribution in [0.1, 0.15) is 25.3 Å². The molecule has 1 aromatic rings. The first-order chi connectivity index (χ1) is 10.2. The first-order valence-electron chi connectivity index (χ1n) is 7.93. The number of carbonyl (C=O) groups is 1. The molecule has 0 bridgehead atoms. The summed E-state index contributed by atoms with van der Waals surface area (Å²) in [4.78, 5) is 18.7. The fourth-order valence-corrected chi connectivity index (χ4v) is 3.43. The van der Waals surface area contributed by atoms with Crippen molar-refractivity contribution >= 4 is 6.03 Å². The fraction of sp³-hybridized carbons (Fsp3) is 0.733. The van der Waals surface area contributed by atoms with E-state index >= 15 is 0 Å². The lowest BCUT2D eigenvalue weighted by molar-refractivity contribution is 0.126. The summed E-state index contributed by atoms with van der Waals surface area (Å²) in [6.45, 7) is 7.78. The van der Waals surface area contributed by atoms with Gasteiger partial charge in [0.1, 0.15) is 0 Å². The van der Waals surface area contributed by atoms with Gasteiger partial charge in [-0.25, -0.2) is 4.79 Å². The summed E-state index contributed by atoms with van der Waals surface area (Å²) in [5, 5.41) is 4.22. The van der Waals surface area contributed by atoms with Crippen LogP contribution in [0.2, 0.25) is 0 Å². The van der Waals surface area contributed by atoms with Crippen molar-refractivity contribution in [2.45, 2.75) is 32.4 Å². The van der Waals surface area contributed by atoms with Crippen LogP contribution in [0.15, 0.2) is 12.4 Å². The first kappa shape index (κ1) is 14.4. The maximum Gasteiger partial charge on any atom is 0.320 e. The Balaban J connectivity index is 1.50. The number of rotatable bonds is 4. The minimum Gasteiger partial charge on any atom is -0.323 e. The number of likely N-dealkylation sites (tertiary alicyclic amines) is 1. The lowest BCUT2D eigenvalue weighted by Crippen LogP contribution is -2.46. The fourth-order valence-electron chi connectivity index (χ4n) is 3.43.